The summed E-state index contributed by atoms with van der Waals surface area (Å²) >= 11 is 5.12. The van der Waals surface area contributed by atoms with Gasteiger partial charge in [-0.3, -0.25) is 0 Å². The summed E-state index contributed by atoms with van der Waals surface area (Å²) in [5.74, 6) is 0.681. The zero-order valence-corrected chi connectivity index (χ0v) is 14.2. The summed E-state index contributed by atoms with van der Waals surface area (Å²) in [6.45, 7) is 3.47. The Morgan fingerprint density at radius 3 is 2.71 bits per heavy atom. The van der Waals surface area contributed by atoms with Crippen molar-refractivity contribution in [3.63, 3.8) is 0 Å². The van der Waals surface area contributed by atoms with Crippen molar-refractivity contribution in [2.24, 2.45) is 0 Å². The molecule has 0 aliphatic heterocycles. The maximum atomic E-state index is 8.62. The number of hydrogen-bond donors (Lipinski definition) is 0. The van der Waals surface area contributed by atoms with Crippen molar-refractivity contribution in [1.29, 1.82) is 5.26 Å². The normalized spacial score (nSPS) is 8.53. The Morgan fingerprint density at radius 1 is 1.41 bits per heavy atom. The summed E-state index contributed by atoms with van der Waals surface area (Å²) in [4.78, 5) is 4.02. The number of benzene rings is 1. The van der Waals surface area contributed by atoms with Gasteiger partial charge in [0.05, 0.1) is 6.07 Å². The van der Waals surface area contributed by atoms with E-state index in [9.17, 15) is 0 Å². The standard InChI is InChI=1S/C10H5N2.C3H6Cl.U/c11-7-8-3-4-10-9(6-8)2-1-5-12-10;1-2-3-4;/h1-4,6H;1-3H2;/q2*-1;+2. The molecule has 1 aromatic carbocycles. The molecule has 0 bridgehead atoms. The Kier molecular flexibility index (Phi) is 9.19. The van der Waals surface area contributed by atoms with Crippen LogP contribution in [0.5, 0.6) is 0 Å². The van der Waals surface area contributed by atoms with Crippen LogP contribution in [-0.2, 0) is 0 Å². The van der Waals surface area contributed by atoms with E-state index in [0.29, 0.717) is 11.4 Å². The van der Waals surface area contributed by atoms with Crippen molar-refractivity contribution < 1.29 is 31.1 Å². The second-order valence-corrected chi connectivity index (χ2v) is 3.38. The van der Waals surface area contributed by atoms with Crippen LogP contribution in [0.4, 0.5) is 0 Å². The molecular weight excluding hydrogens is 458 g/mol. The van der Waals surface area contributed by atoms with Gasteiger partial charge in [-0.15, -0.1) is 17.0 Å². The van der Waals surface area contributed by atoms with E-state index in [0.717, 1.165) is 17.3 Å². The Balaban J connectivity index is 0.000000453. The van der Waals surface area contributed by atoms with E-state index in [1.165, 1.54) is 0 Å². The van der Waals surface area contributed by atoms with Crippen molar-refractivity contribution in [2.75, 3.05) is 5.88 Å². The van der Waals surface area contributed by atoms with Gasteiger partial charge in [-0.25, -0.2) is 0 Å². The third kappa shape index (κ3) is 5.55. The van der Waals surface area contributed by atoms with Crippen LogP contribution < -0.4 is 0 Å². The van der Waals surface area contributed by atoms with Gasteiger partial charge in [-0.1, -0.05) is 24.4 Å². The SMILES string of the molecule is N#Cc1ccc2n[c-]ccc2c1.[CH2-]CCCl.[U+2]. The minimum absolute atomic E-state index is 0. The summed E-state index contributed by atoms with van der Waals surface area (Å²) < 4.78 is 0. The van der Waals surface area contributed by atoms with E-state index in [2.05, 4.69) is 24.2 Å². The largest absolute Gasteiger partial charge is 2.00 e. The molecule has 0 radical (unpaired) electrons. The molecule has 0 saturated carbocycles. The minimum atomic E-state index is 0. The van der Waals surface area contributed by atoms with E-state index >= 15 is 0 Å². The number of rotatable bonds is 1. The van der Waals surface area contributed by atoms with E-state index in [1.807, 2.05) is 18.2 Å². The summed E-state index contributed by atoms with van der Waals surface area (Å²) in [7, 11) is 0. The molecule has 0 saturated heterocycles. The second kappa shape index (κ2) is 9.49. The first-order chi connectivity index (χ1) is 7.81. The van der Waals surface area contributed by atoms with Gasteiger partial charge < -0.3 is 11.9 Å². The summed E-state index contributed by atoms with van der Waals surface area (Å²) in [6.07, 6.45) is 3.57. The third-order valence-electron chi connectivity index (χ3n) is 1.81. The molecule has 0 unspecified atom stereocenters. The molecule has 0 fully saturated rings. The van der Waals surface area contributed by atoms with Crippen molar-refractivity contribution >= 4 is 22.5 Å². The van der Waals surface area contributed by atoms with Gasteiger partial charge in [0, 0.05) is 5.56 Å². The third-order valence-corrected chi connectivity index (χ3v) is 2.08. The van der Waals surface area contributed by atoms with Crippen LogP contribution >= 0.6 is 11.6 Å². The first kappa shape index (κ1) is 16.5. The number of pyridine rings is 1. The van der Waals surface area contributed by atoms with Crippen LogP contribution in [-0.4, -0.2) is 10.9 Å². The Hall–Kier alpha value is -0.538. The van der Waals surface area contributed by atoms with E-state index in [-0.39, 0.29) is 31.1 Å². The van der Waals surface area contributed by atoms with Gasteiger partial charge in [0.1, 0.15) is 0 Å². The van der Waals surface area contributed by atoms with Crippen LogP contribution in [0.25, 0.3) is 10.9 Å². The topological polar surface area (TPSA) is 36.7 Å². The molecule has 4 heteroatoms. The number of halogens is 1. The quantitative estimate of drug-likeness (QED) is 0.475. The Bertz CT molecular complexity index is 492. The summed E-state index contributed by atoms with van der Waals surface area (Å²) in [5, 5.41) is 9.60. The maximum absolute atomic E-state index is 8.62. The molecule has 0 aliphatic rings. The number of alkyl halides is 1. The fraction of sp³-hybridized carbons (Fsp3) is 0.154. The molecule has 0 aliphatic carbocycles. The van der Waals surface area contributed by atoms with Gasteiger partial charge in [-0.05, 0) is 11.4 Å². The average Bonchev–Trinajstić information content (AvgIpc) is 2.38. The van der Waals surface area contributed by atoms with Crippen LogP contribution in [0, 0.1) is 55.6 Å². The number of hydrogen-bond acceptors (Lipinski definition) is 2. The van der Waals surface area contributed by atoms with Gasteiger partial charge in [-0.2, -0.15) is 23.8 Å². The first-order valence-electron chi connectivity index (χ1n) is 4.84. The molecule has 0 spiro atoms. The number of nitriles is 1. The predicted molar refractivity (Wildman–Crippen MR) is 66.0 cm³/mol. The molecule has 1 aromatic heterocycles. The summed E-state index contributed by atoms with van der Waals surface area (Å²) in [6, 6.07) is 11.1. The molecule has 2 rings (SSSR count). The number of nitrogens with zero attached hydrogens (tertiary/aromatic N) is 2. The fourth-order valence-corrected chi connectivity index (χ4v) is 1.09. The monoisotopic (exact) mass is 468 g/mol. The van der Waals surface area contributed by atoms with Crippen molar-refractivity contribution in [2.45, 2.75) is 6.42 Å². The fourth-order valence-electron chi connectivity index (χ4n) is 1.09. The zero-order valence-electron chi connectivity index (χ0n) is 9.28. The molecule has 0 atom stereocenters. The number of aromatic nitrogens is 1. The van der Waals surface area contributed by atoms with Crippen molar-refractivity contribution in [3.05, 3.63) is 49.0 Å². The number of fused-ring (bicyclic) bond motifs is 1. The smallest absolute Gasteiger partial charge is 0.386 e. The molecule has 0 N–H and O–H groups in total. The Labute approximate surface area is 130 Å². The molecule has 84 valence electrons. The van der Waals surface area contributed by atoms with Gasteiger partial charge in [0.25, 0.3) is 0 Å². The second-order valence-electron chi connectivity index (χ2n) is 3.00. The van der Waals surface area contributed by atoms with Gasteiger partial charge >= 0.3 is 31.1 Å². The Morgan fingerprint density at radius 2 is 2.12 bits per heavy atom. The predicted octanol–water partition coefficient (Wildman–Crippen LogP) is 3.36. The van der Waals surface area contributed by atoms with Crippen LogP contribution in [0.15, 0.2) is 30.3 Å². The van der Waals surface area contributed by atoms with E-state index in [4.69, 9.17) is 16.9 Å². The summed E-state index contributed by atoms with van der Waals surface area (Å²) in [5.41, 5.74) is 1.53. The van der Waals surface area contributed by atoms with Crippen LogP contribution in [0.3, 0.4) is 0 Å². The van der Waals surface area contributed by atoms with E-state index in [1.54, 1.807) is 12.1 Å². The maximum Gasteiger partial charge on any atom is 2.00 e. The van der Waals surface area contributed by atoms with Gasteiger partial charge in [0.15, 0.2) is 0 Å². The molecular formula is C13H11ClN2U. The first-order valence-corrected chi connectivity index (χ1v) is 5.37. The molecule has 2 nitrogen and oxygen atoms in total. The average molecular weight is 469 g/mol. The van der Waals surface area contributed by atoms with Crippen LogP contribution in [0.1, 0.15) is 12.0 Å². The van der Waals surface area contributed by atoms with Crippen molar-refractivity contribution in [1.82, 2.24) is 4.98 Å². The minimum Gasteiger partial charge on any atom is -0.386 e. The molecule has 17 heavy (non-hydrogen) atoms. The molecule has 0 amide bonds. The molecule has 1 heterocycles. The van der Waals surface area contributed by atoms with Crippen LogP contribution in [0.2, 0.25) is 0 Å². The zero-order chi connectivity index (χ0) is 11.8. The van der Waals surface area contributed by atoms with Crippen molar-refractivity contribution in [3.8, 4) is 6.07 Å². The molecule has 2 aromatic rings. The van der Waals surface area contributed by atoms with E-state index < -0.39 is 0 Å². The van der Waals surface area contributed by atoms with Gasteiger partial charge in [0.2, 0.25) is 0 Å².